The van der Waals surface area contributed by atoms with Gasteiger partial charge in [0.2, 0.25) is 0 Å². The van der Waals surface area contributed by atoms with Crippen LogP contribution in [0.5, 0.6) is 5.75 Å². The molecular formula is C16H22N4O. The van der Waals surface area contributed by atoms with Gasteiger partial charge in [0.15, 0.2) is 5.82 Å². The van der Waals surface area contributed by atoms with Gasteiger partial charge in [0.1, 0.15) is 18.2 Å². The van der Waals surface area contributed by atoms with Gasteiger partial charge in [-0.25, -0.2) is 0 Å². The number of benzene rings is 1. The van der Waals surface area contributed by atoms with E-state index in [-0.39, 0.29) is 6.04 Å². The summed E-state index contributed by atoms with van der Waals surface area (Å²) in [7, 11) is 0. The molecule has 112 valence electrons. The Hall–Kier alpha value is -1.88. The Morgan fingerprint density at radius 3 is 3.00 bits per heavy atom. The van der Waals surface area contributed by atoms with E-state index in [1.807, 2.05) is 19.1 Å². The molecule has 1 aliphatic heterocycles. The van der Waals surface area contributed by atoms with Crippen LogP contribution in [0.25, 0.3) is 0 Å². The largest absolute Gasteiger partial charge is 0.485 e. The van der Waals surface area contributed by atoms with Gasteiger partial charge in [-0.2, -0.15) is 0 Å². The molecule has 1 unspecified atom stereocenters. The fourth-order valence-electron chi connectivity index (χ4n) is 2.77. The maximum Gasteiger partial charge on any atom is 0.171 e. The van der Waals surface area contributed by atoms with Crippen molar-refractivity contribution in [1.82, 2.24) is 14.8 Å². The zero-order valence-electron chi connectivity index (χ0n) is 12.7. The second-order valence-electron chi connectivity index (χ2n) is 5.76. The minimum Gasteiger partial charge on any atom is -0.485 e. The molecule has 2 N–H and O–H groups in total. The first-order valence-corrected chi connectivity index (χ1v) is 7.55. The highest BCUT2D eigenvalue weighted by Crippen LogP contribution is 2.26. The van der Waals surface area contributed by atoms with Crippen molar-refractivity contribution in [1.29, 1.82) is 0 Å². The van der Waals surface area contributed by atoms with Crippen molar-refractivity contribution in [3.8, 4) is 5.75 Å². The lowest BCUT2D eigenvalue weighted by molar-refractivity contribution is 0.282. The molecule has 0 saturated carbocycles. The van der Waals surface area contributed by atoms with Crippen LogP contribution in [0, 0.1) is 6.92 Å². The van der Waals surface area contributed by atoms with E-state index in [4.69, 9.17) is 10.5 Å². The summed E-state index contributed by atoms with van der Waals surface area (Å²) in [6.07, 6.45) is 3.40. The maximum atomic E-state index is 6.03. The van der Waals surface area contributed by atoms with E-state index in [0.29, 0.717) is 6.61 Å². The SMILES string of the molecule is Cc1ccc(OCc2nnc3n2CCCC3)c(C(C)N)c1. The lowest BCUT2D eigenvalue weighted by Crippen LogP contribution is -2.15. The first-order valence-electron chi connectivity index (χ1n) is 7.55. The number of rotatable bonds is 4. The zero-order chi connectivity index (χ0) is 14.8. The summed E-state index contributed by atoms with van der Waals surface area (Å²) in [5, 5.41) is 8.51. The molecule has 0 radical (unpaired) electrons. The van der Waals surface area contributed by atoms with Crippen molar-refractivity contribution in [2.75, 3.05) is 0 Å². The van der Waals surface area contributed by atoms with Crippen LogP contribution < -0.4 is 10.5 Å². The smallest absolute Gasteiger partial charge is 0.171 e. The van der Waals surface area contributed by atoms with Gasteiger partial charge >= 0.3 is 0 Å². The predicted octanol–water partition coefficient (Wildman–Crippen LogP) is 2.52. The third-order valence-electron chi connectivity index (χ3n) is 3.95. The molecule has 1 aliphatic rings. The third kappa shape index (κ3) is 2.93. The molecule has 0 bridgehead atoms. The number of aryl methyl sites for hydroxylation is 2. The Morgan fingerprint density at radius 1 is 1.33 bits per heavy atom. The molecule has 2 heterocycles. The molecule has 0 saturated heterocycles. The molecule has 0 spiro atoms. The van der Waals surface area contributed by atoms with Gasteiger partial charge in [0.05, 0.1) is 0 Å². The topological polar surface area (TPSA) is 66.0 Å². The normalized spacial score (nSPS) is 15.6. The molecule has 0 amide bonds. The highest BCUT2D eigenvalue weighted by atomic mass is 16.5. The van der Waals surface area contributed by atoms with E-state index in [1.165, 1.54) is 18.4 Å². The van der Waals surface area contributed by atoms with Crippen LogP contribution in [0.15, 0.2) is 18.2 Å². The van der Waals surface area contributed by atoms with E-state index in [9.17, 15) is 0 Å². The first kappa shape index (κ1) is 14.1. The predicted molar refractivity (Wildman–Crippen MR) is 81.1 cm³/mol. The van der Waals surface area contributed by atoms with Crippen molar-refractivity contribution >= 4 is 0 Å². The van der Waals surface area contributed by atoms with Gasteiger partial charge in [-0.15, -0.1) is 10.2 Å². The van der Waals surface area contributed by atoms with Crippen LogP contribution in [-0.4, -0.2) is 14.8 Å². The Bertz CT molecular complexity index is 633. The van der Waals surface area contributed by atoms with Crippen molar-refractivity contribution in [2.24, 2.45) is 5.73 Å². The van der Waals surface area contributed by atoms with Crippen molar-refractivity contribution < 1.29 is 4.74 Å². The van der Waals surface area contributed by atoms with Crippen LogP contribution in [-0.2, 0) is 19.6 Å². The minimum atomic E-state index is -0.0489. The molecule has 2 aromatic rings. The van der Waals surface area contributed by atoms with E-state index in [2.05, 4.69) is 27.8 Å². The molecule has 0 aliphatic carbocycles. The second-order valence-corrected chi connectivity index (χ2v) is 5.76. The molecular weight excluding hydrogens is 264 g/mol. The molecule has 5 heteroatoms. The average Bonchev–Trinajstić information content (AvgIpc) is 2.89. The number of fused-ring (bicyclic) bond motifs is 1. The summed E-state index contributed by atoms with van der Waals surface area (Å²) in [5.74, 6) is 2.82. The lowest BCUT2D eigenvalue weighted by atomic mass is 10.1. The van der Waals surface area contributed by atoms with Crippen LogP contribution in [0.3, 0.4) is 0 Å². The monoisotopic (exact) mass is 286 g/mol. The van der Waals surface area contributed by atoms with Crippen molar-refractivity contribution in [3.63, 3.8) is 0 Å². The van der Waals surface area contributed by atoms with Gasteiger partial charge in [-0.1, -0.05) is 17.7 Å². The van der Waals surface area contributed by atoms with Gasteiger partial charge in [-0.3, -0.25) is 0 Å². The Morgan fingerprint density at radius 2 is 2.19 bits per heavy atom. The minimum absolute atomic E-state index is 0.0489. The second kappa shape index (κ2) is 5.85. The Kier molecular flexibility index (Phi) is 3.92. The maximum absolute atomic E-state index is 6.03. The van der Waals surface area contributed by atoms with Gasteiger partial charge in [0.25, 0.3) is 0 Å². The summed E-state index contributed by atoms with van der Waals surface area (Å²) < 4.78 is 8.14. The lowest BCUT2D eigenvalue weighted by Gasteiger charge is -2.17. The quantitative estimate of drug-likeness (QED) is 0.938. The Balaban J connectivity index is 1.77. The van der Waals surface area contributed by atoms with Crippen molar-refractivity contribution in [2.45, 2.75) is 52.3 Å². The molecule has 21 heavy (non-hydrogen) atoms. The van der Waals surface area contributed by atoms with E-state index < -0.39 is 0 Å². The van der Waals surface area contributed by atoms with Crippen LogP contribution in [0.1, 0.15) is 48.6 Å². The molecule has 1 aromatic heterocycles. The number of nitrogens with zero attached hydrogens (tertiary/aromatic N) is 3. The van der Waals surface area contributed by atoms with Gasteiger partial charge < -0.3 is 15.0 Å². The number of nitrogens with two attached hydrogens (primary N) is 1. The number of hydrogen-bond donors (Lipinski definition) is 1. The standard InChI is InChI=1S/C16H22N4O/c1-11-6-7-14(13(9-11)12(2)17)21-10-16-19-18-15-5-3-4-8-20(15)16/h6-7,9,12H,3-5,8,10,17H2,1-2H3. The molecule has 1 atom stereocenters. The summed E-state index contributed by atoms with van der Waals surface area (Å²) in [5.41, 5.74) is 8.25. The first-order chi connectivity index (χ1) is 10.1. The van der Waals surface area contributed by atoms with Crippen molar-refractivity contribution in [3.05, 3.63) is 41.0 Å². The number of ether oxygens (including phenoxy) is 1. The third-order valence-corrected chi connectivity index (χ3v) is 3.95. The molecule has 5 nitrogen and oxygen atoms in total. The number of aromatic nitrogens is 3. The Labute approximate surface area is 125 Å². The summed E-state index contributed by atoms with van der Waals surface area (Å²) in [6, 6.07) is 6.06. The highest BCUT2D eigenvalue weighted by Gasteiger charge is 2.16. The number of hydrogen-bond acceptors (Lipinski definition) is 4. The molecule has 1 aromatic carbocycles. The zero-order valence-corrected chi connectivity index (χ0v) is 12.7. The fraction of sp³-hybridized carbons (Fsp3) is 0.500. The summed E-state index contributed by atoms with van der Waals surface area (Å²) in [6.45, 7) is 5.47. The average molecular weight is 286 g/mol. The van der Waals surface area contributed by atoms with Crippen LogP contribution >= 0.6 is 0 Å². The highest BCUT2D eigenvalue weighted by molar-refractivity contribution is 5.38. The summed E-state index contributed by atoms with van der Waals surface area (Å²) in [4.78, 5) is 0. The molecule has 3 rings (SSSR count). The van der Waals surface area contributed by atoms with Crippen LogP contribution in [0.4, 0.5) is 0 Å². The summed E-state index contributed by atoms with van der Waals surface area (Å²) >= 11 is 0. The molecule has 0 fully saturated rings. The van der Waals surface area contributed by atoms with Gasteiger partial charge in [0, 0.05) is 24.6 Å². The van der Waals surface area contributed by atoms with E-state index >= 15 is 0 Å². The van der Waals surface area contributed by atoms with E-state index in [1.54, 1.807) is 0 Å². The van der Waals surface area contributed by atoms with Crippen LogP contribution in [0.2, 0.25) is 0 Å². The fourth-order valence-corrected chi connectivity index (χ4v) is 2.77. The van der Waals surface area contributed by atoms with E-state index in [0.717, 1.165) is 35.9 Å². The van der Waals surface area contributed by atoms with Gasteiger partial charge in [-0.05, 0) is 32.8 Å².